The number of rotatable bonds is 5. The molecule has 0 spiro atoms. The summed E-state index contributed by atoms with van der Waals surface area (Å²) < 4.78 is 4.83. The molecule has 0 N–H and O–H groups in total. The third-order valence-corrected chi connectivity index (χ3v) is 3.83. The van der Waals surface area contributed by atoms with E-state index in [1.54, 1.807) is 18.2 Å². The second kappa shape index (κ2) is 6.47. The molecule has 8 heteroatoms. The lowest BCUT2D eigenvalue weighted by atomic mass is 10.1. The van der Waals surface area contributed by atoms with E-state index < -0.39 is 23.3 Å². The number of ether oxygens (including phenoxy) is 1. The number of halogens is 1. The van der Waals surface area contributed by atoms with Crippen LogP contribution in [0.3, 0.4) is 0 Å². The predicted octanol–water partition coefficient (Wildman–Crippen LogP) is 3.35. The van der Waals surface area contributed by atoms with E-state index in [-0.39, 0.29) is 20.5 Å². The van der Waals surface area contributed by atoms with Gasteiger partial charge in [0.15, 0.2) is 6.61 Å². The predicted molar refractivity (Wildman–Crippen MR) is 77.0 cm³/mol. The van der Waals surface area contributed by atoms with Crippen molar-refractivity contribution in [2.24, 2.45) is 0 Å². The van der Waals surface area contributed by atoms with E-state index in [0.717, 1.165) is 0 Å². The van der Waals surface area contributed by atoms with E-state index in [2.05, 4.69) is 0 Å². The molecular weight excluding hydrogens is 318 g/mol. The van der Waals surface area contributed by atoms with Crippen LogP contribution in [0.5, 0.6) is 0 Å². The van der Waals surface area contributed by atoms with Gasteiger partial charge in [0.2, 0.25) is 5.78 Å². The molecule has 0 fully saturated rings. The number of carbonyl (C=O) groups is 2. The molecule has 108 valence electrons. The SMILES string of the molecule is O=C(OCC(=O)c1ccccc1Cl)c1ccc([N+](=O)[O-])s1. The Morgan fingerprint density at radius 1 is 1.24 bits per heavy atom. The van der Waals surface area contributed by atoms with Crippen LogP contribution in [0.25, 0.3) is 0 Å². The first-order chi connectivity index (χ1) is 9.99. The molecule has 0 aliphatic heterocycles. The lowest BCUT2D eigenvalue weighted by Crippen LogP contribution is -2.13. The van der Waals surface area contributed by atoms with Crippen molar-refractivity contribution >= 4 is 39.7 Å². The number of esters is 1. The van der Waals surface area contributed by atoms with Gasteiger partial charge in [-0.3, -0.25) is 14.9 Å². The number of hydrogen-bond donors (Lipinski definition) is 0. The Morgan fingerprint density at radius 2 is 1.95 bits per heavy atom. The first-order valence-electron chi connectivity index (χ1n) is 5.68. The summed E-state index contributed by atoms with van der Waals surface area (Å²) in [5.41, 5.74) is 0.254. The van der Waals surface area contributed by atoms with Crippen LogP contribution >= 0.6 is 22.9 Å². The zero-order valence-corrected chi connectivity index (χ0v) is 12.0. The molecule has 1 aromatic carbocycles. The molecule has 0 aliphatic carbocycles. The molecule has 2 aromatic rings. The number of carbonyl (C=O) groups excluding carboxylic acids is 2. The molecule has 0 saturated carbocycles. The minimum absolute atomic E-state index is 0.0636. The van der Waals surface area contributed by atoms with E-state index in [0.29, 0.717) is 11.3 Å². The lowest BCUT2D eigenvalue weighted by Gasteiger charge is -2.04. The van der Waals surface area contributed by atoms with Crippen LogP contribution < -0.4 is 0 Å². The van der Waals surface area contributed by atoms with Gasteiger partial charge in [-0.25, -0.2) is 4.79 Å². The summed E-state index contributed by atoms with van der Waals surface area (Å²) in [7, 11) is 0. The summed E-state index contributed by atoms with van der Waals surface area (Å²) in [5, 5.41) is 10.6. The zero-order valence-electron chi connectivity index (χ0n) is 10.4. The number of thiophene rings is 1. The Kier molecular flexibility index (Phi) is 4.66. The normalized spacial score (nSPS) is 10.1. The number of nitro groups is 1. The molecule has 21 heavy (non-hydrogen) atoms. The summed E-state index contributed by atoms with van der Waals surface area (Å²) >= 11 is 6.54. The summed E-state index contributed by atoms with van der Waals surface area (Å²) in [4.78, 5) is 33.5. The van der Waals surface area contributed by atoms with E-state index >= 15 is 0 Å². The van der Waals surface area contributed by atoms with Gasteiger partial charge < -0.3 is 4.74 Å². The number of benzene rings is 1. The number of ketones is 1. The summed E-state index contributed by atoms with van der Waals surface area (Å²) in [6.45, 7) is -0.478. The third kappa shape index (κ3) is 3.65. The van der Waals surface area contributed by atoms with Crippen LogP contribution in [0, 0.1) is 10.1 Å². The van der Waals surface area contributed by atoms with Crippen molar-refractivity contribution in [2.75, 3.05) is 6.61 Å². The molecule has 6 nitrogen and oxygen atoms in total. The van der Waals surface area contributed by atoms with Crippen LogP contribution in [-0.2, 0) is 4.74 Å². The maximum Gasteiger partial charge on any atom is 0.349 e. The van der Waals surface area contributed by atoms with Crippen molar-refractivity contribution in [2.45, 2.75) is 0 Å². The fraction of sp³-hybridized carbons (Fsp3) is 0.0769. The minimum atomic E-state index is -0.784. The van der Waals surface area contributed by atoms with Gasteiger partial charge in [0.05, 0.1) is 9.95 Å². The number of nitrogens with zero attached hydrogens (tertiary/aromatic N) is 1. The average Bonchev–Trinajstić information content (AvgIpc) is 2.95. The first kappa shape index (κ1) is 15.1. The fourth-order valence-corrected chi connectivity index (χ4v) is 2.46. The Labute approximate surface area is 128 Å². The van der Waals surface area contributed by atoms with Crippen molar-refractivity contribution in [1.29, 1.82) is 0 Å². The van der Waals surface area contributed by atoms with Crippen molar-refractivity contribution in [3.05, 3.63) is 62.0 Å². The number of Topliss-reactive ketones (excluding diaryl/α,β-unsaturated/α-hetero) is 1. The van der Waals surface area contributed by atoms with Crippen molar-refractivity contribution < 1.29 is 19.2 Å². The van der Waals surface area contributed by atoms with Gasteiger partial charge in [-0.2, -0.15) is 0 Å². The Balaban J connectivity index is 1.99. The standard InChI is InChI=1S/C13H8ClNO5S/c14-9-4-2-1-3-8(9)10(16)7-20-13(17)11-5-6-12(21-11)15(18)19/h1-6H,7H2. The highest BCUT2D eigenvalue weighted by molar-refractivity contribution is 7.17. The second-order valence-corrected chi connectivity index (χ2v) is 5.34. The summed E-state index contributed by atoms with van der Waals surface area (Å²) in [6, 6.07) is 8.88. The molecule has 0 unspecified atom stereocenters. The zero-order chi connectivity index (χ0) is 15.4. The van der Waals surface area contributed by atoms with Gasteiger partial charge in [-0.1, -0.05) is 35.1 Å². The molecule has 0 amide bonds. The number of hydrogen-bond acceptors (Lipinski definition) is 6. The van der Waals surface area contributed by atoms with E-state index in [4.69, 9.17) is 16.3 Å². The van der Waals surface area contributed by atoms with Gasteiger partial charge in [0, 0.05) is 11.6 Å². The van der Waals surface area contributed by atoms with Crippen molar-refractivity contribution in [3.8, 4) is 0 Å². The molecule has 1 aromatic heterocycles. The molecule has 1 heterocycles. The maximum absolute atomic E-state index is 11.8. The van der Waals surface area contributed by atoms with E-state index in [1.165, 1.54) is 18.2 Å². The fourth-order valence-electron chi connectivity index (χ4n) is 1.50. The average molecular weight is 326 g/mol. The molecule has 0 saturated heterocycles. The third-order valence-electron chi connectivity index (χ3n) is 2.48. The topological polar surface area (TPSA) is 86.5 Å². The van der Waals surface area contributed by atoms with Crippen molar-refractivity contribution in [3.63, 3.8) is 0 Å². The second-order valence-electron chi connectivity index (χ2n) is 3.87. The minimum Gasteiger partial charge on any atom is -0.453 e. The molecule has 0 bridgehead atoms. The van der Waals surface area contributed by atoms with Crippen LogP contribution in [0.15, 0.2) is 36.4 Å². The highest BCUT2D eigenvalue weighted by Gasteiger charge is 2.18. The van der Waals surface area contributed by atoms with Crippen LogP contribution in [-0.4, -0.2) is 23.3 Å². The van der Waals surface area contributed by atoms with E-state index in [1.807, 2.05) is 0 Å². The van der Waals surface area contributed by atoms with Gasteiger partial charge in [0.25, 0.3) is 0 Å². The van der Waals surface area contributed by atoms with Crippen LogP contribution in [0.4, 0.5) is 5.00 Å². The summed E-state index contributed by atoms with van der Waals surface area (Å²) in [6.07, 6.45) is 0. The van der Waals surface area contributed by atoms with E-state index in [9.17, 15) is 19.7 Å². The summed E-state index contributed by atoms with van der Waals surface area (Å²) in [5.74, 6) is -1.23. The monoisotopic (exact) mass is 325 g/mol. The lowest BCUT2D eigenvalue weighted by molar-refractivity contribution is -0.380. The Hall–Kier alpha value is -2.25. The van der Waals surface area contributed by atoms with Gasteiger partial charge in [-0.05, 0) is 18.2 Å². The molecule has 0 radical (unpaired) electrons. The quantitative estimate of drug-likeness (QED) is 0.364. The van der Waals surface area contributed by atoms with Crippen LogP contribution in [0.1, 0.15) is 20.0 Å². The highest BCUT2D eigenvalue weighted by Crippen LogP contribution is 2.24. The molecular formula is C13H8ClNO5S. The van der Waals surface area contributed by atoms with Crippen molar-refractivity contribution in [1.82, 2.24) is 0 Å². The van der Waals surface area contributed by atoms with Crippen LogP contribution in [0.2, 0.25) is 5.02 Å². The van der Waals surface area contributed by atoms with Gasteiger partial charge in [0.1, 0.15) is 4.88 Å². The molecule has 0 aliphatic rings. The largest absolute Gasteiger partial charge is 0.453 e. The van der Waals surface area contributed by atoms with Gasteiger partial charge >= 0.3 is 11.0 Å². The molecule has 0 atom stereocenters. The maximum atomic E-state index is 11.8. The van der Waals surface area contributed by atoms with Gasteiger partial charge in [-0.15, -0.1) is 0 Å². The molecule has 2 rings (SSSR count). The Bertz CT molecular complexity index is 712. The smallest absolute Gasteiger partial charge is 0.349 e. The first-order valence-corrected chi connectivity index (χ1v) is 6.87. The highest BCUT2D eigenvalue weighted by atomic mass is 35.5. The Morgan fingerprint density at radius 3 is 2.57 bits per heavy atom.